The molecule has 0 bridgehead atoms. The number of thiol groups is 1. The van der Waals surface area contributed by atoms with Gasteiger partial charge in [0.25, 0.3) is 0 Å². The molecule has 1 aliphatic heterocycles. The second kappa shape index (κ2) is 5.74. The lowest BCUT2D eigenvalue weighted by molar-refractivity contribution is 0.0843. The molecule has 1 aliphatic carbocycles. The molecule has 94 valence electrons. The smallest absolute Gasteiger partial charge is 0.0110 e. The molecule has 2 aliphatic rings. The summed E-state index contributed by atoms with van der Waals surface area (Å²) >= 11 is 4.63. The van der Waals surface area contributed by atoms with E-state index in [1.807, 2.05) is 0 Å². The van der Waals surface area contributed by atoms with Crippen LogP contribution in [0.1, 0.15) is 32.1 Å². The van der Waals surface area contributed by atoms with Crippen LogP contribution in [0.3, 0.4) is 0 Å². The van der Waals surface area contributed by atoms with Gasteiger partial charge in [0.05, 0.1) is 0 Å². The van der Waals surface area contributed by atoms with Crippen molar-refractivity contribution in [2.45, 2.75) is 32.1 Å². The molecular weight excluding hydrogens is 216 g/mol. The molecule has 0 radical (unpaired) electrons. The maximum Gasteiger partial charge on any atom is 0.0110 e. The Morgan fingerprint density at radius 3 is 2.19 bits per heavy atom. The van der Waals surface area contributed by atoms with Crippen molar-refractivity contribution in [1.82, 2.24) is 9.80 Å². The average Bonchev–Trinajstić information content (AvgIpc) is 2.33. The van der Waals surface area contributed by atoms with Gasteiger partial charge in [0.2, 0.25) is 0 Å². The lowest BCUT2D eigenvalue weighted by Gasteiger charge is -2.42. The molecule has 0 aromatic carbocycles. The van der Waals surface area contributed by atoms with Crippen LogP contribution in [0.25, 0.3) is 0 Å². The summed E-state index contributed by atoms with van der Waals surface area (Å²) in [5, 5.41) is 0. The summed E-state index contributed by atoms with van der Waals surface area (Å²) in [6.07, 6.45) is 7.10. The third kappa shape index (κ3) is 3.14. The molecule has 0 N–H and O–H groups in total. The van der Waals surface area contributed by atoms with Crippen molar-refractivity contribution >= 4 is 12.6 Å². The summed E-state index contributed by atoms with van der Waals surface area (Å²) in [5.41, 5.74) is 0.539. The number of nitrogens with zero attached hydrogens (tertiary/aromatic N) is 2. The minimum absolute atomic E-state index is 0.539. The van der Waals surface area contributed by atoms with E-state index in [2.05, 4.69) is 29.5 Å². The topological polar surface area (TPSA) is 6.48 Å². The lowest BCUT2D eigenvalue weighted by Crippen LogP contribution is -2.49. The first kappa shape index (κ1) is 12.7. The Labute approximate surface area is 106 Å². The molecule has 16 heavy (non-hydrogen) atoms. The standard InChI is InChI=1S/C13H26N2S/c1-14-7-9-15(10-8-14)11-13(12-16)5-3-2-4-6-13/h16H,2-12H2,1H3. The second-order valence-corrected chi connectivity index (χ2v) is 6.11. The van der Waals surface area contributed by atoms with E-state index in [0.717, 1.165) is 5.75 Å². The Balaban J connectivity index is 1.86. The van der Waals surface area contributed by atoms with E-state index >= 15 is 0 Å². The van der Waals surface area contributed by atoms with Crippen molar-refractivity contribution in [3.05, 3.63) is 0 Å². The summed E-state index contributed by atoms with van der Waals surface area (Å²) in [6, 6.07) is 0. The number of hydrogen-bond donors (Lipinski definition) is 1. The molecule has 0 aromatic rings. The Hall–Kier alpha value is 0.270. The van der Waals surface area contributed by atoms with E-state index < -0.39 is 0 Å². The van der Waals surface area contributed by atoms with Gasteiger partial charge in [-0.1, -0.05) is 19.3 Å². The van der Waals surface area contributed by atoms with Crippen LogP contribution < -0.4 is 0 Å². The van der Waals surface area contributed by atoms with Crippen molar-refractivity contribution < 1.29 is 0 Å². The highest BCUT2D eigenvalue weighted by Gasteiger charge is 2.33. The van der Waals surface area contributed by atoms with Crippen LogP contribution in [0.15, 0.2) is 0 Å². The first-order valence-electron chi connectivity index (χ1n) is 6.76. The number of piperazine rings is 1. The van der Waals surface area contributed by atoms with Crippen LogP contribution in [0, 0.1) is 5.41 Å². The first-order chi connectivity index (χ1) is 7.74. The summed E-state index contributed by atoms with van der Waals surface area (Å²) in [5.74, 6) is 1.08. The highest BCUT2D eigenvalue weighted by molar-refractivity contribution is 7.80. The van der Waals surface area contributed by atoms with Crippen molar-refractivity contribution in [3.8, 4) is 0 Å². The van der Waals surface area contributed by atoms with Crippen molar-refractivity contribution in [2.75, 3.05) is 45.5 Å². The SMILES string of the molecule is CN1CCN(CC2(CS)CCCCC2)CC1. The van der Waals surface area contributed by atoms with Gasteiger partial charge >= 0.3 is 0 Å². The van der Waals surface area contributed by atoms with E-state index in [4.69, 9.17) is 0 Å². The van der Waals surface area contributed by atoms with Crippen molar-refractivity contribution in [3.63, 3.8) is 0 Å². The maximum atomic E-state index is 4.63. The Kier molecular flexibility index (Phi) is 4.57. The van der Waals surface area contributed by atoms with E-state index in [9.17, 15) is 0 Å². The largest absolute Gasteiger partial charge is 0.304 e. The summed E-state index contributed by atoms with van der Waals surface area (Å²) in [7, 11) is 2.23. The van der Waals surface area contributed by atoms with Crippen LogP contribution in [-0.2, 0) is 0 Å². The summed E-state index contributed by atoms with van der Waals surface area (Å²) in [4.78, 5) is 5.10. The van der Waals surface area contributed by atoms with Crippen LogP contribution in [0.2, 0.25) is 0 Å². The normalized spacial score (nSPS) is 28.1. The summed E-state index contributed by atoms with van der Waals surface area (Å²) < 4.78 is 0. The molecule has 0 amide bonds. The van der Waals surface area contributed by atoms with Gasteiger partial charge in [-0.25, -0.2) is 0 Å². The monoisotopic (exact) mass is 242 g/mol. The summed E-state index contributed by atoms with van der Waals surface area (Å²) in [6.45, 7) is 6.29. The molecular formula is C13H26N2S. The molecule has 0 atom stereocenters. The zero-order valence-corrected chi connectivity index (χ0v) is 11.5. The van der Waals surface area contributed by atoms with E-state index in [1.54, 1.807) is 0 Å². The van der Waals surface area contributed by atoms with Gasteiger partial charge in [0.1, 0.15) is 0 Å². The van der Waals surface area contributed by atoms with Crippen LogP contribution in [0.4, 0.5) is 0 Å². The van der Waals surface area contributed by atoms with Gasteiger partial charge < -0.3 is 9.80 Å². The molecule has 2 rings (SSSR count). The van der Waals surface area contributed by atoms with Gasteiger partial charge in [0.15, 0.2) is 0 Å². The molecule has 1 saturated carbocycles. The van der Waals surface area contributed by atoms with Crippen molar-refractivity contribution in [1.29, 1.82) is 0 Å². The van der Waals surface area contributed by atoms with Gasteiger partial charge in [-0.15, -0.1) is 0 Å². The Morgan fingerprint density at radius 1 is 1.00 bits per heavy atom. The second-order valence-electron chi connectivity index (χ2n) is 5.80. The molecule has 3 heteroatoms. The third-order valence-electron chi connectivity index (χ3n) is 4.40. The average molecular weight is 242 g/mol. The van der Waals surface area contributed by atoms with Gasteiger partial charge in [0, 0.05) is 32.7 Å². The number of likely N-dealkylation sites (N-methyl/N-ethyl adjacent to an activating group) is 1. The molecule has 0 aromatic heterocycles. The van der Waals surface area contributed by atoms with E-state index in [-0.39, 0.29) is 0 Å². The van der Waals surface area contributed by atoms with E-state index in [1.165, 1.54) is 64.8 Å². The van der Waals surface area contributed by atoms with Gasteiger partial charge in [-0.2, -0.15) is 12.6 Å². The Morgan fingerprint density at radius 2 is 1.62 bits per heavy atom. The molecule has 2 nitrogen and oxygen atoms in total. The predicted molar refractivity (Wildman–Crippen MR) is 73.3 cm³/mol. The third-order valence-corrected chi connectivity index (χ3v) is 5.08. The Bertz CT molecular complexity index is 206. The van der Waals surface area contributed by atoms with Crippen molar-refractivity contribution in [2.24, 2.45) is 5.41 Å². The molecule has 0 spiro atoms. The van der Waals surface area contributed by atoms with Crippen LogP contribution in [-0.4, -0.2) is 55.3 Å². The van der Waals surface area contributed by atoms with E-state index in [0.29, 0.717) is 5.41 Å². The predicted octanol–water partition coefficient (Wildman–Crippen LogP) is 2.11. The fraction of sp³-hybridized carbons (Fsp3) is 1.00. The first-order valence-corrected chi connectivity index (χ1v) is 7.39. The quantitative estimate of drug-likeness (QED) is 0.757. The minimum Gasteiger partial charge on any atom is -0.304 e. The number of rotatable bonds is 3. The zero-order chi connectivity index (χ0) is 11.4. The van der Waals surface area contributed by atoms with Crippen LogP contribution >= 0.6 is 12.6 Å². The highest BCUT2D eigenvalue weighted by Crippen LogP contribution is 2.38. The molecule has 1 saturated heterocycles. The zero-order valence-electron chi connectivity index (χ0n) is 10.6. The molecule has 2 fully saturated rings. The van der Waals surface area contributed by atoms with Gasteiger partial charge in [-0.3, -0.25) is 0 Å². The minimum atomic E-state index is 0.539. The van der Waals surface area contributed by atoms with Gasteiger partial charge in [-0.05, 0) is 31.1 Å². The number of hydrogen-bond acceptors (Lipinski definition) is 3. The fourth-order valence-electron chi connectivity index (χ4n) is 3.15. The highest BCUT2D eigenvalue weighted by atomic mass is 32.1. The molecule has 1 heterocycles. The lowest BCUT2D eigenvalue weighted by atomic mass is 9.75. The maximum absolute atomic E-state index is 4.63. The fourth-order valence-corrected chi connectivity index (χ4v) is 3.56. The molecule has 0 unspecified atom stereocenters. The van der Waals surface area contributed by atoms with Crippen LogP contribution in [0.5, 0.6) is 0 Å².